The third kappa shape index (κ3) is 5.53. The molecule has 0 N–H and O–H groups in total. The summed E-state index contributed by atoms with van der Waals surface area (Å²) in [6.45, 7) is -2.66. The average molecular weight is 449 g/mol. The normalized spacial score (nSPS) is 11.1. The van der Waals surface area contributed by atoms with Crippen molar-refractivity contribution in [3.63, 3.8) is 0 Å². The zero-order valence-corrected chi connectivity index (χ0v) is 16.1. The summed E-state index contributed by atoms with van der Waals surface area (Å²) in [6.07, 6.45) is 2.88. The van der Waals surface area contributed by atoms with E-state index < -0.39 is 6.61 Å². The molecule has 2 aromatic carbocycles. The number of ketones is 1. The minimum absolute atomic E-state index is 0.00346. The van der Waals surface area contributed by atoms with Crippen molar-refractivity contribution in [2.24, 2.45) is 0 Å². The number of benzene rings is 2. The summed E-state index contributed by atoms with van der Waals surface area (Å²) < 4.78 is 40.7. The number of hydrogen-bond donors (Lipinski definition) is 0. The summed E-state index contributed by atoms with van der Waals surface area (Å²) in [5, 5.41) is 0. The first-order valence-corrected chi connectivity index (χ1v) is 9.04. The Labute approximate surface area is 168 Å². The van der Waals surface area contributed by atoms with Gasteiger partial charge in [-0.2, -0.15) is 8.78 Å². The second-order valence-electron chi connectivity index (χ2n) is 5.62. The highest BCUT2D eigenvalue weighted by atomic mass is 79.9. The topological polar surface area (TPSA) is 48.7 Å². The Kier molecular flexibility index (Phi) is 6.60. The van der Waals surface area contributed by atoms with Crippen molar-refractivity contribution in [1.29, 1.82) is 0 Å². The molecular formula is C21H15BrF2O4. The van der Waals surface area contributed by atoms with Crippen LogP contribution < -0.4 is 9.47 Å². The summed E-state index contributed by atoms with van der Waals surface area (Å²) >= 11 is 3.40. The van der Waals surface area contributed by atoms with Crippen molar-refractivity contribution in [2.75, 3.05) is 0 Å². The quantitative estimate of drug-likeness (QED) is 0.307. The molecule has 0 fully saturated rings. The summed E-state index contributed by atoms with van der Waals surface area (Å²) in [4.78, 5) is 12.2. The van der Waals surface area contributed by atoms with Gasteiger partial charge in [-0.15, -0.1) is 0 Å². The van der Waals surface area contributed by atoms with Crippen molar-refractivity contribution in [3.8, 4) is 11.5 Å². The van der Waals surface area contributed by atoms with Crippen LogP contribution in [-0.2, 0) is 6.61 Å². The Hall–Kier alpha value is -2.93. The average Bonchev–Trinajstić information content (AvgIpc) is 3.13. The first kappa shape index (κ1) is 19.8. The van der Waals surface area contributed by atoms with Crippen molar-refractivity contribution >= 4 is 27.8 Å². The van der Waals surface area contributed by atoms with Crippen LogP contribution in [0.5, 0.6) is 11.5 Å². The highest BCUT2D eigenvalue weighted by Crippen LogP contribution is 2.25. The molecule has 0 aliphatic heterocycles. The van der Waals surface area contributed by atoms with Crippen molar-refractivity contribution in [3.05, 3.63) is 88.3 Å². The van der Waals surface area contributed by atoms with Gasteiger partial charge in [0.25, 0.3) is 0 Å². The van der Waals surface area contributed by atoms with Gasteiger partial charge in [-0.05, 0) is 76.6 Å². The molecule has 1 heterocycles. The van der Waals surface area contributed by atoms with Crippen LogP contribution in [0.2, 0.25) is 0 Å². The standard InChI is InChI=1S/C21H15BrF2O4/c22-18-3-1-2-4-20(18)26-13-17-10-9-15(27-17)11-12-19(25)14-5-7-16(8-6-14)28-21(23)24/h1-12,21H,13H2/b12-11+. The van der Waals surface area contributed by atoms with Crippen LogP contribution in [0.3, 0.4) is 0 Å². The highest BCUT2D eigenvalue weighted by Gasteiger charge is 2.07. The summed E-state index contributed by atoms with van der Waals surface area (Å²) in [7, 11) is 0. The van der Waals surface area contributed by atoms with E-state index in [1.165, 1.54) is 36.4 Å². The number of para-hydroxylation sites is 1. The van der Waals surface area contributed by atoms with E-state index in [-0.39, 0.29) is 18.1 Å². The lowest BCUT2D eigenvalue weighted by Crippen LogP contribution is -2.02. The second kappa shape index (κ2) is 9.32. The van der Waals surface area contributed by atoms with Crippen LogP contribution in [0.15, 0.2) is 75.6 Å². The van der Waals surface area contributed by atoms with Crippen molar-refractivity contribution in [2.45, 2.75) is 13.2 Å². The van der Waals surface area contributed by atoms with Gasteiger partial charge in [-0.1, -0.05) is 12.1 Å². The molecule has 4 nitrogen and oxygen atoms in total. The molecule has 0 radical (unpaired) electrons. The lowest BCUT2D eigenvalue weighted by molar-refractivity contribution is -0.0498. The molecule has 3 rings (SSSR count). The lowest BCUT2D eigenvalue weighted by atomic mass is 10.1. The van der Waals surface area contributed by atoms with Crippen LogP contribution in [0, 0.1) is 0 Å². The van der Waals surface area contributed by atoms with Gasteiger partial charge in [0, 0.05) is 5.56 Å². The molecule has 0 spiro atoms. The number of carbonyl (C=O) groups is 1. The summed E-state index contributed by atoms with van der Waals surface area (Å²) in [5.41, 5.74) is 0.349. The number of hydrogen-bond acceptors (Lipinski definition) is 4. The number of carbonyl (C=O) groups excluding carboxylic acids is 1. The zero-order valence-electron chi connectivity index (χ0n) is 14.5. The number of alkyl halides is 2. The molecule has 1 aromatic heterocycles. The molecule has 0 amide bonds. The first-order valence-electron chi connectivity index (χ1n) is 8.24. The fourth-order valence-electron chi connectivity index (χ4n) is 2.33. The maximum absolute atomic E-state index is 12.2. The van der Waals surface area contributed by atoms with E-state index in [4.69, 9.17) is 9.15 Å². The molecule has 144 valence electrons. The Morgan fingerprint density at radius 3 is 2.54 bits per heavy atom. The first-order chi connectivity index (χ1) is 13.5. The fraction of sp³-hybridized carbons (Fsp3) is 0.0952. The fourth-order valence-corrected chi connectivity index (χ4v) is 2.73. The van der Waals surface area contributed by atoms with E-state index in [1.807, 2.05) is 24.3 Å². The van der Waals surface area contributed by atoms with Crippen LogP contribution in [0.25, 0.3) is 6.08 Å². The van der Waals surface area contributed by atoms with Gasteiger partial charge < -0.3 is 13.9 Å². The third-order valence-corrected chi connectivity index (χ3v) is 4.31. The Balaban J connectivity index is 1.57. The Bertz CT molecular complexity index is 965. The third-order valence-electron chi connectivity index (χ3n) is 3.65. The SMILES string of the molecule is O=C(/C=C/c1ccc(COc2ccccc2Br)o1)c1ccc(OC(F)F)cc1. The molecule has 0 atom stereocenters. The number of halogens is 3. The van der Waals surface area contributed by atoms with Gasteiger partial charge in [0.2, 0.25) is 0 Å². The number of furan rings is 1. The Morgan fingerprint density at radius 2 is 1.82 bits per heavy atom. The Morgan fingerprint density at radius 1 is 1.07 bits per heavy atom. The molecule has 0 bridgehead atoms. The molecule has 0 aliphatic carbocycles. The second-order valence-corrected chi connectivity index (χ2v) is 6.48. The van der Waals surface area contributed by atoms with E-state index in [1.54, 1.807) is 12.1 Å². The van der Waals surface area contributed by atoms with Gasteiger partial charge in [-0.25, -0.2) is 0 Å². The maximum Gasteiger partial charge on any atom is 0.387 e. The lowest BCUT2D eigenvalue weighted by Gasteiger charge is -2.05. The summed E-state index contributed by atoms with van der Waals surface area (Å²) in [6, 6.07) is 16.4. The molecule has 0 saturated carbocycles. The van der Waals surface area contributed by atoms with Gasteiger partial charge in [0.05, 0.1) is 4.47 Å². The van der Waals surface area contributed by atoms with Gasteiger partial charge in [0.15, 0.2) is 5.78 Å². The molecule has 0 saturated heterocycles. The molecule has 0 unspecified atom stereocenters. The summed E-state index contributed by atoms with van der Waals surface area (Å²) in [5.74, 6) is 1.51. The van der Waals surface area contributed by atoms with E-state index in [9.17, 15) is 13.6 Å². The number of rotatable bonds is 8. The van der Waals surface area contributed by atoms with E-state index in [0.717, 1.165) is 4.47 Å². The van der Waals surface area contributed by atoms with E-state index >= 15 is 0 Å². The minimum atomic E-state index is -2.90. The van der Waals surface area contributed by atoms with Crippen molar-refractivity contribution < 1.29 is 27.5 Å². The highest BCUT2D eigenvalue weighted by molar-refractivity contribution is 9.10. The molecule has 28 heavy (non-hydrogen) atoms. The van der Waals surface area contributed by atoms with E-state index in [0.29, 0.717) is 22.8 Å². The molecule has 0 aliphatic rings. The van der Waals surface area contributed by atoms with Gasteiger partial charge in [-0.3, -0.25) is 4.79 Å². The largest absolute Gasteiger partial charge is 0.484 e. The maximum atomic E-state index is 12.2. The van der Waals surface area contributed by atoms with Crippen LogP contribution in [0.1, 0.15) is 21.9 Å². The predicted molar refractivity (Wildman–Crippen MR) is 104 cm³/mol. The molecular weight excluding hydrogens is 434 g/mol. The minimum Gasteiger partial charge on any atom is -0.484 e. The monoisotopic (exact) mass is 448 g/mol. The van der Waals surface area contributed by atoms with Crippen LogP contribution in [-0.4, -0.2) is 12.4 Å². The molecule has 7 heteroatoms. The van der Waals surface area contributed by atoms with E-state index in [2.05, 4.69) is 20.7 Å². The molecule has 3 aromatic rings. The number of allylic oxidation sites excluding steroid dienone is 1. The van der Waals surface area contributed by atoms with Crippen LogP contribution >= 0.6 is 15.9 Å². The zero-order chi connectivity index (χ0) is 19.9. The predicted octanol–water partition coefficient (Wildman–Crippen LogP) is 6.12. The van der Waals surface area contributed by atoms with Crippen molar-refractivity contribution in [1.82, 2.24) is 0 Å². The smallest absolute Gasteiger partial charge is 0.387 e. The number of ether oxygens (including phenoxy) is 2. The van der Waals surface area contributed by atoms with Gasteiger partial charge in [0.1, 0.15) is 29.6 Å². The van der Waals surface area contributed by atoms with Crippen LogP contribution in [0.4, 0.5) is 8.78 Å². The van der Waals surface area contributed by atoms with Gasteiger partial charge >= 0.3 is 6.61 Å².